The van der Waals surface area contributed by atoms with Crippen molar-refractivity contribution in [1.82, 2.24) is 0 Å². The Bertz CT molecular complexity index is 160. The Morgan fingerprint density at radius 1 is 1.56 bits per heavy atom. The van der Waals surface area contributed by atoms with E-state index in [9.17, 15) is 4.79 Å². The van der Waals surface area contributed by atoms with Crippen LogP contribution in [0.5, 0.6) is 0 Å². The minimum absolute atomic E-state index is 0.0185. The quantitative estimate of drug-likeness (QED) is 0.359. The molecule has 0 aromatic rings. The Kier molecular flexibility index (Phi) is 1.31. The van der Waals surface area contributed by atoms with E-state index in [-0.39, 0.29) is 18.0 Å². The summed E-state index contributed by atoms with van der Waals surface area (Å²) in [6.07, 6.45) is 0.0185. The first-order valence-corrected chi connectivity index (χ1v) is 3.02. The van der Waals surface area contributed by atoms with E-state index < -0.39 is 0 Å². The van der Waals surface area contributed by atoms with Gasteiger partial charge in [0, 0.05) is 11.5 Å². The summed E-state index contributed by atoms with van der Waals surface area (Å²) in [5, 5.41) is 0. The second-order valence-electron chi connectivity index (χ2n) is 2.42. The van der Waals surface area contributed by atoms with E-state index in [0.29, 0.717) is 5.57 Å². The number of carbonyl (C=O) groups excluding carboxylic acids is 1. The molecule has 0 aliphatic carbocycles. The van der Waals surface area contributed by atoms with Crippen molar-refractivity contribution in [2.45, 2.75) is 20.0 Å². The first kappa shape index (κ1) is 6.33. The second-order valence-corrected chi connectivity index (χ2v) is 2.42. The Balaban J connectivity index is 2.77. The summed E-state index contributed by atoms with van der Waals surface area (Å²) in [6, 6.07) is 0. The predicted molar refractivity (Wildman–Crippen MR) is 33.9 cm³/mol. The molecule has 2 atom stereocenters. The summed E-state index contributed by atoms with van der Waals surface area (Å²) < 4.78 is 4.85. The van der Waals surface area contributed by atoms with Crippen LogP contribution in [0.15, 0.2) is 12.2 Å². The standard InChI is InChI=1S/C7H10O2/c1-4-5(2)7(8)9-6(4)3/h4,6H,2H2,1,3H3. The van der Waals surface area contributed by atoms with Crippen LogP contribution in [0.2, 0.25) is 0 Å². The third-order valence-corrected chi connectivity index (χ3v) is 1.81. The monoisotopic (exact) mass is 126 g/mol. The van der Waals surface area contributed by atoms with Crippen molar-refractivity contribution in [3.05, 3.63) is 12.2 Å². The molecule has 0 aromatic heterocycles. The number of esters is 1. The number of cyclic esters (lactones) is 1. The lowest BCUT2D eigenvalue weighted by molar-refractivity contribution is -0.138. The van der Waals surface area contributed by atoms with Gasteiger partial charge in [-0.05, 0) is 6.92 Å². The fourth-order valence-corrected chi connectivity index (χ4v) is 0.816. The summed E-state index contributed by atoms with van der Waals surface area (Å²) in [4.78, 5) is 10.7. The summed E-state index contributed by atoms with van der Waals surface area (Å²) in [5.74, 6) is -0.0486. The highest BCUT2D eigenvalue weighted by Gasteiger charge is 2.31. The minimum Gasteiger partial charge on any atom is -0.459 e. The highest BCUT2D eigenvalue weighted by molar-refractivity contribution is 5.90. The molecule has 0 saturated carbocycles. The van der Waals surface area contributed by atoms with Crippen LogP contribution in [-0.2, 0) is 9.53 Å². The van der Waals surface area contributed by atoms with E-state index in [4.69, 9.17) is 4.74 Å². The zero-order valence-corrected chi connectivity index (χ0v) is 5.68. The second kappa shape index (κ2) is 1.87. The third kappa shape index (κ3) is 0.846. The Hall–Kier alpha value is -0.790. The number of hydrogen-bond acceptors (Lipinski definition) is 2. The highest BCUT2D eigenvalue weighted by atomic mass is 16.5. The average molecular weight is 126 g/mol. The van der Waals surface area contributed by atoms with E-state index in [1.807, 2.05) is 13.8 Å². The predicted octanol–water partition coefficient (Wildman–Crippen LogP) is 1.12. The van der Waals surface area contributed by atoms with Crippen LogP contribution in [0.3, 0.4) is 0 Å². The zero-order valence-electron chi connectivity index (χ0n) is 5.68. The van der Waals surface area contributed by atoms with Gasteiger partial charge in [-0.1, -0.05) is 13.5 Å². The van der Waals surface area contributed by atoms with Gasteiger partial charge in [0.25, 0.3) is 0 Å². The average Bonchev–Trinajstić information content (AvgIpc) is 1.98. The van der Waals surface area contributed by atoms with Crippen molar-refractivity contribution in [3.8, 4) is 0 Å². The highest BCUT2D eigenvalue weighted by Crippen LogP contribution is 2.24. The summed E-state index contributed by atoms with van der Waals surface area (Å²) in [5.41, 5.74) is 0.600. The molecule has 1 heterocycles. The molecule has 1 fully saturated rings. The van der Waals surface area contributed by atoms with Gasteiger partial charge in [0.05, 0.1) is 0 Å². The van der Waals surface area contributed by atoms with Crippen molar-refractivity contribution in [1.29, 1.82) is 0 Å². The maximum Gasteiger partial charge on any atom is 0.334 e. The van der Waals surface area contributed by atoms with E-state index >= 15 is 0 Å². The van der Waals surface area contributed by atoms with Crippen molar-refractivity contribution in [3.63, 3.8) is 0 Å². The van der Waals surface area contributed by atoms with Crippen LogP contribution in [0.4, 0.5) is 0 Å². The number of rotatable bonds is 0. The number of carbonyl (C=O) groups is 1. The molecule has 1 rings (SSSR count). The van der Waals surface area contributed by atoms with Gasteiger partial charge in [-0.3, -0.25) is 0 Å². The zero-order chi connectivity index (χ0) is 7.02. The topological polar surface area (TPSA) is 26.3 Å². The molecule has 1 aliphatic rings. The summed E-state index contributed by atoms with van der Waals surface area (Å²) >= 11 is 0. The van der Waals surface area contributed by atoms with Crippen LogP contribution in [-0.4, -0.2) is 12.1 Å². The van der Waals surface area contributed by atoms with Crippen molar-refractivity contribution in [2.75, 3.05) is 0 Å². The van der Waals surface area contributed by atoms with Crippen LogP contribution in [0, 0.1) is 5.92 Å². The van der Waals surface area contributed by atoms with Crippen molar-refractivity contribution < 1.29 is 9.53 Å². The fourth-order valence-electron chi connectivity index (χ4n) is 0.816. The Labute approximate surface area is 54.5 Å². The molecule has 50 valence electrons. The lowest BCUT2D eigenvalue weighted by Gasteiger charge is -2.03. The Morgan fingerprint density at radius 3 is 2.22 bits per heavy atom. The first-order valence-electron chi connectivity index (χ1n) is 3.02. The molecule has 0 N–H and O–H groups in total. The van der Waals surface area contributed by atoms with Gasteiger partial charge in [0.2, 0.25) is 0 Å². The normalized spacial score (nSPS) is 34.9. The van der Waals surface area contributed by atoms with E-state index in [1.54, 1.807) is 0 Å². The fraction of sp³-hybridized carbons (Fsp3) is 0.571. The number of hydrogen-bond donors (Lipinski definition) is 0. The molecule has 0 spiro atoms. The molecule has 0 bridgehead atoms. The van der Waals surface area contributed by atoms with Gasteiger partial charge in [0.15, 0.2) is 0 Å². The third-order valence-electron chi connectivity index (χ3n) is 1.81. The molecular formula is C7H10O2. The maximum absolute atomic E-state index is 10.7. The number of ether oxygens (including phenoxy) is 1. The minimum atomic E-state index is -0.241. The van der Waals surface area contributed by atoms with E-state index in [1.165, 1.54) is 0 Å². The lowest BCUT2D eigenvalue weighted by Crippen LogP contribution is -2.06. The van der Waals surface area contributed by atoms with Gasteiger partial charge in [-0.15, -0.1) is 0 Å². The van der Waals surface area contributed by atoms with E-state index in [0.717, 1.165) is 0 Å². The van der Waals surface area contributed by atoms with Gasteiger partial charge in [-0.25, -0.2) is 4.79 Å². The molecule has 2 nitrogen and oxygen atoms in total. The van der Waals surface area contributed by atoms with E-state index in [2.05, 4.69) is 6.58 Å². The van der Waals surface area contributed by atoms with Crippen LogP contribution in [0.1, 0.15) is 13.8 Å². The molecule has 9 heavy (non-hydrogen) atoms. The smallest absolute Gasteiger partial charge is 0.334 e. The molecule has 2 unspecified atom stereocenters. The van der Waals surface area contributed by atoms with Gasteiger partial charge in [0.1, 0.15) is 6.10 Å². The van der Waals surface area contributed by atoms with Crippen LogP contribution >= 0.6 is 0 Å². The molecule has 1 saturated heterocycles. The van der Waals surface area contributed by atoms with Gasteiger partial charge in [-0.2, -0.15) is 0 Å². The molecule has 1 aliphatic heterocycles. The first-order chi connectivity index (χ1) is 4.13. The molecule has 0 radical (unpaired) electrons. The van der Waals surface area contributed by atoms with Gasteiger partial charge >= 0.3 is 5.97 Å². The van der Waals surface area contributed by atoms with Crippen molar-refractivity contribution in [2.24, 2.45) is 5.92 Å². The molecule has 0 aromatic carbocycles. The van der Waals surface area contributed by atoms with Crippen LogP contribution in [0.25, 0.3) is 0 Å². The summed E-state index contributed by atoms with van der Waals surface area (Å²) in [7, 11) is 0. The SMILES string of the molecule is C=C1C(=O)OC(C)C1C. The van der Waals surface area contributed by atoms with Crippen LogP contribution < -0.4 is 0 Å². The lowest BCUT2D eigenvalue weighted by atomic mass is 10.0. The van der Waals surface area contributed by atoms with Crippen molar-refractivity contribution >= 4 is 5.97 Å². The largest absolute Gasteiger partial charge is 0.459 e. The van der Waals surface area contributed by atoms with Gasteiger partial charge < -0.3 is 4.74 Å². The maximum atomic E-state index is 10.7. The molecular weight excluding hydrogens is 116 g/mol. The molecule has 0 amide bonds. The Morgan fingerprint density at radius 2 is 2.11 bits per heavy atom. The summed E-state index contributed by atoms with van der Waals surface area (Å²) in [6.45, 7) is 7.41. The molecule has 2 heteroatoms.